The number of carboxylic acid groups (broad SMARTS) is 1. The first-order valence-corrected chi connectivity index (χ1v) is 6.63. The van der Waals surface area contributed by atoms with E-state index in [4.69, 9.17) is 5.11 Å². The van der Waals surface area contributed by atoms with Gasteiger partial charge < -0.3 is 10.0 Å². The summed E-state index contributed by atoms with van der Waals surface area (Å²) in [7, 11) is 1.56. The average molecular weight is 269 g/mol. The van der Waals surface area contributed by atoms with Gasteiger partial charge in [-0.2, -0.15) is 0 Å². The number of amides is 2. The maximum atomic E-state index is 11.7. The van der Waals surface area contributed by atoms with Crippen molar-refractivity contribution in [1.82, 2.24) is 9.88 Å². The summed E-state index contributed by atoms with van der Waals surface area (Å²) >= 11 is 1.40. The predicted molar refractivity (Wildman–Crippen MR) is 68.0 cm³/mol. The Hall–Kier alpha value is -1.63. The quantitative estimate of drug-likeness (QED) is 0.856. The predicted octanol–water partition coefficient (Wildman–Crippen LogP) is 1.96. The minimum Gasteiger partial charge on any atom is -0.481 e. The lowest BCUT2D eigenvalue weighted by atomic mass is 10.3. The summed E-state index contributed by atoms with van der Waals surface area (Å²) < 4.78 is 0. The number of nitrogens with one attached hydrogen (secondary N) is 1. The highest BCUT2D eigenvalue weighted by molar-refractivity contribution is 7.13. The number of anilines is 1. The molecule has 98 valence electrons. The Morgan fingerprint density at radius 2 is 2.33 bits per heavy atom. The van der Waals surface area contributed by atoms with E-state index in [2.05, 4.69) is 10.3 Å². The molecule has 1 fully saturated rings. The molecule has 0 atom stereocenters. The number of hydrogen-bond acceptors (Lipinski definition) is 4. The highest BCUT2D eigenvalue weighted by Gasteiger charge is 2.26. The first kappa shape index (κ1) is 12.8. The molecule has 1 aromatic heterocycles. The summed E-state index contributed by atoms with van der Waals surface area (Å²) in [6, 6.07) is -0.326. The van der Waals surface area contributed by atoms with Gasteiger partial charge in [0, 0.05) is 24.9 Å². The normalized spacial score (nSPS) is 14.3. The lowest BCUT2D eigenvalue weighted by molar-refractivity contribution is -0.137. The zero-order valence-corrected chi connectivity index (χ0v) is 10.9. The second kappa shape index (κ2) is 5.34. The third-order valence-corrected chi connectivity index (χ3v) is 3.52. The fourth-order valence-electron chi connectivity index (χ4n) is 1.46. The number of carbonyl (C=O) groups is 2. The maximum absolute atomic E-state index is 11.7. The molecule has 1 aromatic rings. The van der Waals surface area contributed by atoms with Crippen molar-refractivity contribution in [2.24, 2.45) is 0 Å². The van der Waals surface area contributed by atoms with Crippen LogP contribution in [0, 0.1) is 0 Å². The number of rotatable bonds is 5. The van der Waals surface area contributed by atoms with Crippen LogP contribution in [-0.2, 0) is 4.79 Å². The molecule has 18 heavy (non-hydrogen) atoms. The number of hydrogen-bond donors (Lipinski definition) is 2. The molecule has 0 aromatic carbocycles. The van der Waals surface area contributed by atoms with Crippen molar-refractivity contribution in [3.8, 4) is 0 Å². The summed E-state index contributed by atoms with van der Waals surface area (Å²) in [5.41, 5.74) is 1.04. The van der Waals surface area contributed by atoms with Crippen molar-refractivity contribution >= 4 is 28.5 Å². The van der Waals surface area contributed by atoms with Gasteiger partial charge in [0.1, 0.15) is 0 Å². The van der Waals surface area contributed by atoms with E-state index in [9.17, 15) is 9.59 Å². The van der Waals surface area contributed by atoms with Crippen LogP contribution in [0.15, 0.2) is 5.38 Å². The monoisotopic (exact) mass is 269 g/mol. The van der Waals surface area contributed by atoms with Gasteiger partial charge >= 0.3 is 12.0 Å². The van der Waals surface area contributed by atoms with Crippen molar-refractivity contribution in [1.29, 1.82) is 0 Å². The van der Waals surface area contributed by atoms with Crippen LogP contribution >= 0.6 is 11.3 Å². The highest BCUT2D eigenvalue weighted by atomic mass is 32.1. The molecule has 0 saturated heterocycles. The van der Waals surface area contributed by atoms with Crippen LogP contribution in [0.5, 0.6) is 0 Å². The Morgan fingerprint density at radius 3 is 2.94 bits per heavy atom. The highest BCUT2D eigenvalue weighted by Crippen LogP contribution is 2.40. The molecule has 0 bridgehead atoms. The van der Waals surface area contributed by atoms with Gasteiger partial charge in [-0.3, -0.25) is 10.1 Å². The van der Waals surface area contributed by atoms with E-state index < -0.39 is 5.97 Å². The molecule has 1 heterocycles. The average Bonchev–Trinajstić information content (AvgIpc) is 3.07. The van der Waals surface area contributed by atoms with Crippen LogP contribution in [0.2, 0.25) is 0 Å². The largest absolute Gasteiger partial charge is 0.481 e. The molecule has 7 heteroatoms. The zero-order valence-electron chi connectivity index (χ0n) is 10.0. The summed E-state index contributed by atoms with van der Waals surface area (Å²) in [5.74, 6) is -0.350. The number of carboxylic acids is 1. The number of urea groups is 1. The summed E-state index contributed by atoms with van der Waals surface area (Å²) in [6.07, 6.45) is 2.29. The van der Waals surface area contributed by atoms with Crippen LogP contribution in [0.1, 0.15) is 30.9 Å². The van der Waals surface area contributed by atoms with Crippen molar-refractivity contribution in [3.63, 3.8) is 0 Å². The van der Waals surface area contributed by atoms with Crippen LogP contribution < -0.4 is 5.32 Å². The minimum atomic E-state index is -0.917. The van der Waals surface area contributed by atoms with E-state index in [0.29, 0.717) is 11.0 Å². The molecule has 0 aliphatic heterocycles. The van der Waals surface area contributed by atoms with Gasteiger partial charge in [0.05, 0.1) is 12.1 Å². The smallest absolute Gasteiger partial charge is 0.323 e. The van der Waals surface area contributed by atoms with Crippen molar-refractivity contribution < 1.29 is 14.7 Å². The van der Waals surface area contributed by atoms with Gasteiger partial charge in [-0.1, -0.05) is 0 Å². The molecule has 2 N–H and O–H groups in total. The fraction of sp³-hybridized carbons (Fsp3) is 0.545. The van der Waals surface area contributed by atoms with Gasteiger partial charge in [0.25, 0.3) is 0 Å². The molecule has 0 spiro atoms. The van der Waals surface area contributed by atoms with Crippen molar-refractivity contribution in [3.05, 3.63) is 11.1 Å². The van der Waals surface area contributed by atoms with E-state index in [-0.39, 0.29) is 19.0 Å². The van der Waals surface area contributed by atoms with Crippen LogP contribution in [0.4, 0.5) is 9.93 Å². The van der Waals surface area contributed by atoms with Crippen molar-refractivity contribution in [2.45, 2.75) is 25.2 Å². The number of nitrogens with zero attached hydrogens (tertiary/aromatic N) is 2. The maximum Gasteiger partial charge on any atom is 0.323 e. The molecular weight excluding hydrogens is 254 g/mol. The van der Waals surface area contributed by atoms with E-state index >= 15 is 0 Å². The third kappa shape index (κ3) is 3.43. The number of carbonyl (C=O) groups excluding carboxylic acids is 1. The zero-order chi connectivity index (χ0) is 13.1. The Bertz CT molecular complexity index is 456. The second-order valence-corrected chi connectivity index (χ2v) is 5.21. The van der Waals surface area contributed by atoms with E-state index in [1.54, 1.807) is 7.05 Å². The SMILES string of the molecule is CN(CCC(=O)O)C(=O)Nc1nc(C2CC2)cs1. The standard InChI is InChI=1S/C11H15N3O3S/c1-14(5-4-9(15)16)11(17)13-10-12-8(6-18-10)7-2-3-7/h6-7H,2-5H2,1H3,(H,15,16)(H,12,13,17). The summed E-state index contributed by atoms with van der Waals surface area (Å²) in [5, 5.41) is 13.7. The third-order valence-electron chi connectivity index (χ3n) is 2.74. The topological polar surface area (TPSA) is 82.5 Å². The van der Waals surface area contributed by atoms with E-state index in [1.165, 1.54) is 29.1 Å². The molecule has 1 aliphatic carbocycles. The first-order valence-electron chi connectivity index (χ1n) is 5.75. The van der Waals surface area contributed by atoms with Gasteiger partial charge in [0.15, 0.2) is 5.13 Å². The van der Waals surface area contributed by atoms with Crippen LogP contribution in [0.3, 0.4) is 0 Å². The minimum absolute atomic E-state index is 0.0604. The fourth-order valence-corrected chi connectivity index (χ4v) is 2.24. The van der Waals surface area contributed by atoms with Gasteiger partial charge in [-0.05, 0) is 12.8 Å². The lowest BCUT2D eigenvalue weighted by Gasteiger charge is -2.15. The number of thiazole rings is 1. The Labute approximate surface area is 109 Å². The van der Waals surface area contributed by atoms with Gasteiger partial charge in [0.2, 0.25) is 0 Å². The molecule has 2 rings (SSSR count). The second-order valence-electron chi connectivity index (χ2n) is 4.35. The van der Waals surface area contributed by atoms with Gasteiger partial charge in [-0.15, -0.1) is 11.3 Å². The molecular formula is C11H15N3O3S. The van der Waals surface area contributed by atoms with Crippen molar-refractivity contribution in [2.75, 3.05) is 18.9 Å². The van der Waals surface area contributed by atoms with Crippen LogP contribution in [0.25, 0.3) is 0 Å². The summed E-state index contributed by atoms with van der Waals surface area (Å²) in [4.78, 5) is 27.8. The first-order chi connectivity index (χ1) is 8.56. The Balaban J connectivity index is 1.83. The molecule has 0 radical (unpaired) electrons. The molecule has 2 amide bonds. The number of aliphatic carboxylic acids is 1. The van der Waals surface area contributed by atoms with Crippen LogP contribution in [-0.4, -0.2) is 40.6 Å². The van der Waals surface area contributed by atoms with E-state index in [1.807, 2.05) is 5.38 Å². The van der Waals surface area contributed by atoms with Gasteiger partial charge in [-0.25, -0.2) is 9.78 Å². The molecule has 6 nitrogen and oxygen atoms in total. The molecule has 1 aliphatic rings. The summed E-state index contributed by atoms with van der Waals surface area (Å²) in [6.45, 7) is 0.183. The number of aromatic nitrogens is 1. The Morgan fingerprint density at radius 1 is 1.61 bits per heavy atom. The molecule has 1 saturated carbocycles. The Kier molecular flexibility index (Phi) is 3.81. The lowest BCUT2D eigenvalue weighted by Crippen LogP contribution is -2.33. The molecule has 0 unspecified atom stereocenters. The van der Waals surface area contributed by atoms with E-state index in [0.717, 1.165) is 5.69 Å².